The fraction of sp³-hybridized carbons (Fsp3) is 0. The summed E-state index contributed by atoms with van der Waals surface area (Å²) in [5.74, 6) is -3.48. The van der Waals surface area contributed by atoms with Crippen molar-refractivity contribution in [1.82, 2.24) is 0 Å². The van der Waals surface area contributed by atoms with Gasteiger partial charge in [0.2, 0.25) is 0 Å². The highest BCUT2D eigenvalue weighted by molar-refractivity contribution is 6.07. The second kappa shape index (κ2) is 6.12. The molecule has 10 heteroatoms. The van der Waals surface area contributed by atoms with Crippen molar-refractivity contribution in [3.63, 3.8) is 0 Å². The molecule has 0 amide bonds. The third kappa shape index (κ3) is 2.75. The average molecular weight is 332 g/mol. The van der Waals surface area contributed by atoms with Crippen LogP contribution in [0.25, 0.3) is 11.1 Å². The van der Waals surface area contributed by atoms with Crippen LogP contribution in [-0.4, -0.2) is 32.0 Å². The van der Waals surface area contributed by atoms with Crippen LogP contribution in [0.1, 0.15) is 20.7 Å². The van der Waals surface area contributed by atoms with Gasteiger partial charge in [0.15, 0.2) is 5.56 Å². The number of hydrogen-bond acceptors (Lipinski definition) is 6. The number of aromatic carboxylic acids is 2. The van der Waals surface area contributed by atoms with E-state index >= 15 is 0 Å². The predicted octanol–water partition coefficient (Wildman–Crippen LogP) is 2.57. The van der Waals surface area contributed by atoms with Gasteiger partial charge in [0.25, 0.3) is 11.4 Å². The minimum Gasteiger partial charge on any atom is -0.478 e. The Morgan fingerprint density at radius 2 is 1.46 bits per heavy atom. The molecule has 24 heavy (non-hydrogen) atoms. The molecule has 0 aliphatic heterocycles. The molecule has 0 spiro atoms. The van der Waals surface area contributed by atoms with E-state index in [1.165, 1.54) is 18.2 Å². The van der Waals surface area contributed by atoms with Gasteiger partial charge in [-0.1, -0.05) is 12.1 Å². The van der Waals surface area contributed by atoms with Gasteiger partial charge in [0, 0.05) is 6.07 Å². The van der Waals surface area contributed by atoms with Crippen molar-refractivity contribution in [2.75, 3.05) is 0 Å². The number of carboxylic acids is 2. The van der Waals surface area contributed by atoms with Gasteiger partial charge < -0.3 is 10.2 Å². The van der Waals surface area contributed by atoms with E-state index in [0.717, 1.165) is 18.2 Å². The minimum absolute atomic E-state index is 0.186. The molecule has 2 N–H and O–H groups in total. The molecule has 2 aromatic carbocycles. The van der Waals surface area contributed by atoms with Gasteiger partial charge in [-0.2, -0.15) is 0 Å². The first kappa shape index (κ1) is 16.5. The molecule has 0 aliphatic rings. The summed E-state index contributed by atoms with van der Waals surface area (Å²) < 4.78 is 0. The summed E-state index contributed by atoms with van der Waals surface area (Å²) in [5, 5.41) is 40.7. The number of nitro benzene ring substituents is 2. The van der Waals surface area contributed by atoms with Crippen LogP contribution in [-0.2, 0) is 0 Å². The normalized spacial score (nSPS) is 10.2. The highest BCUT2D eigenvalue weighted by Crippen LogP contribution is 2.39. The Balaban J connectivity index is 2.94. The van der Waals surface area contributed by atoms with Crippen LogP contribution in [0.3, 0.4) is 0 Å². The Labute approximate surface area is 132 Å². The van der Waals surface area contributed by atoms with E-state index < -0.39 is 44.3 Å². The second-order valence-corrected chi connectivity index (χ2v) is 4.53. The van der Waals surface area contributed by atoms with E-state index in [0.29, 0.717) is 0 Å². The molecule has 0 fully saturated rings. The maximum atomic E-state index is 11.4. The maximum Gasteiger partial charge on any atom is 0.343 e. The molecule has 2 rings (SSSR count). The van der Waals surface area contributed by atoms with Crippen molar-refractivity contribution in [1.29, 1.82) is 0 Å². The zero-order valence-electron chi connectivity index (χ0n) is 11.7. The van der Waals surface area contributed by atoms with Crippen molar-refractivity contribution in [2.24, 2.45) is 0 Å². The highest BCUT2D eigenvalue weighted by Gasteiger charge is 2.33. The predicted molar refractivity (Wildman–Crippen MR) is 79.1 cm³/mol. The Hall–Kier alpha value is -3.82. The lowest BCUT2D eigenvalue weighted by Gasteiger charge is -2.09. The van der Waals surface area contributed by atoms with Gasteiger partial charge in [0.1, 0.15) is 0 Å². The third-order valence-corrected chi connectivity index (χ3v) is 3.20. The molecule has 0 radical (unpaired) electrons. The highest BCUT2D eigenvalue weighted by atomic mass is 16.6. The average Bonchev–Trinajstić information content (AvgIpc) is 2.52. The summed E-state index contributed by atoms with van der Waals surface area (Å²) in [6.07, 6.45) is 0. The Bertz CT molecular complexity index is 890. The maximum absolute atomic E-state index is 11.4. The van der Waals surface area contributed by atoms with Crippen LogP contribution in [0.5, 0.6) is 0 Å². The quantitative estimate of drug-likeness (QED) is 0.623. The summed E-state index contributed by atoms with van der Waals surface area (Å²) >= 11 is 0. The van der Waals surface area contributed by atoms with E-state index in [2.05, 4.69) is 0 Å². The molecule has 0 aliphatic carbocycles. The van der Waals surface area contributed by atoms with Gasteiger partial charge in [-0.05, 0) is 18.2 Å². The first-order valence-electron chi connectivity index (χ1n) is 6.27. The van der Waals surface area contributed by atoms with Crippen molar-refractivity contribution >= 4 is 23.3 Å². The standard InChI is InChI=1S/C14H8N2O8/c17-13(18)9-6-5-8(12(16(23)24)11(9)14(19)20)7-3-1-2-4-10(7)15(21)22/h1-6H,(H,17,18)(H,19,20). The zero-order chi connectivity index (χ0) is 18.0. The summed E-state index contributed by atoms with van der Waals surface area (Å²) in [6.45, 7) is 0. The fourth-order valence-electron chi connectivity index (χ4n) is 2.25. The Kier molecular flexibility index (Phi) is 4.22. The lowest BCUT2D eigenvalue weighted by molar-refractivity contribution is -0.386. The van der Waals surface area contributed by atoms with Crippen LogP contribution in [0.4, 0.5) is 11.4 Å². The number of carboxylic acid groups (broad SMARTS) is 2. The molecule has 0 atom stereocenters. The van der Waals surface area contributed by atoms with Crippen LogP contribution >= 0.6 is 0 Å². The van der Waals surface area contributed by atoms with Gasteiger partial charge >= 0.3 is 11.9 Å². The Morgan fingerprint density at radius 3 is 1.96 bits per heavy atom. The SMILES string of the molecule is O=C(O)c1ccc(-c2ccccc2[N+](=O)[O-])c([N+](=O)[O-])c1C(=O)O. The summed E-state index contributed by atoms with van der Waals surface area (Å²) in [7, 11) is 0. The van der Waals surface area contributed by atoms with Gasteiger partial charge in [-0.3, -0.25) is 20.2 Å². The van der Waals surface area contributed by atoms with Crippen LogP contribution in [0.15, 0.2) is 36.4 Å². The van der Waals surface area contributed by atoms with Crippen molar-refractivity contribution in [3.8, 4) is 11.1 Å². The topological polar surface area (TPSA) is 161 Å². The zero-order valence-corrected chi connectivity index (χ0v) is 11.7. The smallest absolute Gasteiger partial charge is 0.343 e. The first-order valence-corrected chi connectivity index (χ1v) is 6.27. The van der Waals surface area contributed by atoms with Crippen molar-refractivity contribution in [3.05, 3.63) is 67.8 Å². The second-order valence-electron chi connectivity index (χ2n) is 4.53. The van der Waals surface area contributed by atoms with E-state index in [1.54, 1.807) is 0 Å². The number of nitro groups is 2. The molecule has 0 saturated heterocycles. The molecule has 122 valence electrons. The lowest BCUT2D eigenvalue weighted by Crippen LogP contribution is -2.12. The molecule has 0 saturated carbocycles. The Morgan fingerprint density at radius 1 is 0.833 bits per heavy atom. The largest absolute Gasteiger partial charge is 0.478 e. The van der Waals surface area contributed by atoms with E-state index in [-0.39, 0.29) is 11.1 Å². The molecule has 0 heterocycles. The summed E-state index contributed by atoms with van der Waals surface area (Å²) in [4.78, 5) is 43.1. The van der Waals surface area contributed by atoms with Gasteiger partial charge in [0.05, 0.1) is 26.5 Å². The molecule has 2 aromatic rings. The monoisotopic (exact) mass is 332 g/mol. The molecule has 0 unspecified atom stereocenters. The first-order chi connectivity index (χ1) is 11.3. The minimum atomic E-state index is -1.82. The fourth-order valence-corrected chi connectivity index (χ4v) is 2.25. The van der Waals surface area contributed by atoms with Crippen LogP contribution in [0.2, 0.25) is 0 Å². The van der Waals surface area contributed by atoms with Gasteiger partial charge in [-0.15, -0.1) is 0 Å². The third-order valence-electron chi connectivity index (χ3n) is 3.20. The van der Waals surface area contributed by atoms with E-state index in [9.17, 15) is 34.9 Å². The van der Waals surface area contributed by atoms with Gasteiger partial charge in [-0.25, -0.2) is 9.59 Å². The van der Waals surface area contributed by atoms with Crippen molar-refractivity contribution < 1.29 is 29.6 Å². The number of carbonyl (C=O) groups is 2. The van der Waals surface area contributed by atoms with Crippen LogP contribution in [0, 0.1) is 20.2 Å². The van der Waals surface area contributed by atoms with Crippen molar-refractivity contribution in [2.45, 2.75) is 0 Å². The number of hydrogen-bond donors (Lipinski definition) is 2. The summed E-state index contributed by atoms with van der Waals surface area (Å²) in [5.41, 5.74) is -3.85. The summed E-state index contributed by atoms with van der Waals surface area (Å²) in [6, 6.07) is 6.90. The molecular formula is C14H8N2O8. The van der Waals surface area contributed by atoms with E-state index in [1.807, 2.05) is 0 Å². The molecule has 0 aromatic heterocycles. The molecular weight excluding hydrogens is 324 g/mol. The van der Waals surface area contributed by atoms with Crippen LogP contribution < -0.4 is 0 Å². The van der Waals surface area contributed by atoms with E-state index in [4.69, 9.17) is 5.11 Å². The molecule has 10 nitrogen and oxygen atoms in total. The number of benzene rings is 2. The number of nitrogens with zero attached hydrogens (tertiary/aromatic N) is 2. The number of rotatable bonds is 5. The number of para-hydroxylation sites is 1. The lowest BCUT2D eigenvalue weighted by atomic mass is 9.95. The molecule has 0 bridgehead atoms.